The molecule has 3 rings (SSSR count). The molecule has 3 nitrogen and oxygen atoms in total. The van der Waals surface area contributed by atoms with Crippen LogP contribution in [0.1, 0.15) is 16.1 Å². The Kier molecular flexibility index (Phi) is 1.24. The number of carbonyl (C=O) groups is 1. The number of rotatable bonds is 0. The van der Waals surface area contributed by atoms with E-state index in [1.807, 2.05) is 24.3 Å². The van der Waals surface area contributed by atoms with Crippen LogP contribution < -0.4 is 0 Å². The number of aromatic nitrogens is 2. The van der Waals surface area contributed by atoms with Gasteiger partial charge in [0.2, 0.25) is 5.78 Å². The molecule has 14 heavy (non-hydrogen) atoms. The molecule has 0 amide bonds. The van der Waals surface area contributed by atoms with Crippen molar-refractivity contribution in [2.24, 2.45) is 7.05 Å². The van der Waals surface area contributed by atoms with Gasteiger partial charge in [0.25, 0.3) is 0 Å². The summed E-state index contributed by atoms with van der Waals surface area (Å²) >= 11 is 0. The van der Waals surface area contributed by atoms with Gasteiger partial charge in [0, 0.05) is 18.2 Å². The van der Waals surface area contributed by atoms with Crippen molar-refractivity contribution in [3.8, 4) is 11.1 Å². The van der Waals surface area contributed by atoms with Gasteiger partial charge in [0.05, 0.1) is 6.20 Å². The zero-order valence-electron chi connectivity index (χ0n) is 7.69. The maximum Gasteiger partial charge on any atom is 0.212 e. The van der Waals surface area contributed by atoms with E-state index in [9.17, 15) is 4.79 Å². The summed E-state index contributed by atoms with van der Waals surface area (Å²) in [5, 5.41) is 4.08. The summed E-state index contributed by atoms with van der Waals surface area (Å²) in [5.41, 5.74) is 3.44. The molecule has 1 heterocycles. The first-order chi connectivity index (χ1) is 6.79. The van der Waals surface area contributed by atoms with Crippen molar-refractivity contribution in [2.75, 3.05) is 0 Å². The molecule has 68 valence electrons. The molecule has 3 heteroatoms. The van der Waals surface area contributed by atoms with Crippen molar-refractivity contribution in [3.63, 3.8) is 0 Å². The Balaban J connectivity index is 2.42. The lowest BCUT2D eigenvalue weighted by Gasteiger charge is -1.95. The first-order valence-corrected chi connectivity index (χ1v) is 4.45. The molecule has 0 unspecified atom stereocenters. The quantitative estimate of drug-likeness (QED) is 0.532. The van der Waals surface area contributed by atoms with Crippen LogP contribution in [0.25, 0.3) is 11.1 Å². The number of nitrogens with zero attached hydrogens (tertiary/aromatic N) is 2. The van der Waals surface area contributed by atoms with Crippen LogP contribution in [-0.4, -0.2) is 15.6 Å². The molecule has 0 bridgehead atoms. The van der Waals surface area contributed by atoms with Crippen molar-refractivity contribution < 1.29 is 4.79 Å². The Bertz CT molecular complexity index is 540. The van der Waals surface area contributed by atoms with Crippen LogP contribution in [0, 0.1) is 0 Å². The maximum absolute atomic E-state index is 11.9. The lowest BCUT2D eigenvalue weighted by Crippen LogP contribution is -2.04. The summed E-state index contributed by atoms with van der Waals surface area (Å²) < 4.78 is 1.64. The van der Waals surface area contributed by atoms with E-state index in [1.165, 1.54) is 0 Å². The van der Waals surface area contributed by atoms with E-state index < -0.39 is 0 Å². The third-order valence-corrected chi connectivity index (χ3v) is 2.62. The minimum Gasteiger partial charge on any atom is -0.287 e. The molecular weight excluding hydrogens is 176 g/mol. The van der Waals surface area contributed by atoms with Crippen LogP contribution >= 0.6 is 0 Å². The number of ketones is 1. The second kappa shape index (κ2) is 2.32. The third kappa shape index (κ3) is 0.719. The van der Waals surface area contributed by atoms with E-state index in [2.05, 4.69) is 5.10 Å². The Morgan fingerprint density at radius 2 is 1.86 bits per heavy atom. The summed E-state index contributed by atoms with van der Waals surface area (Å²) in [6.07, 6.45) is 1.75. The number of benzene rings is 1. The summed E-state index contributed by atoms with van der Waals surface area (Å²) in [6.45, 7) is 0. The molecule has 1 aliphatic carbocycles. The smallest absolute Gasteiger partial charge is 0.212 e. The van der Waals surface area contributed by atoms with Gasteiger partial charge in [-0.1, -0.05) is 24.3 Å². The Morgan fingerprint density at radius 1 is 1.14 bits per heavy atom. The monoisotopic (exact) mass is 184 g/mol. The zero-order chi connectivity index (χ0) is 9.71. The SMILES string of the molecule is Cn1ncc2c1C(=O)c1ccccc1-2. The van der Waals surface area contributed by atoms with Gasteiger partial charge >= 0.3 is 0 Å². The summed E-state index contributed by atoms with van der Waals surface area (Å²) in [4.78, 5) is 11.9. The highest BCUT2D eigenvalue weighted by molar-refractivity contribution is 6.20. The van der Waals surface area contributed by atoms with Gasteiger partial charge in [-0.15, -0.1) is 0 Å². The van der Waals surface area contributed by atoms with E-state index in [4.69, 9.17) is 0 Å². The molecule has 0 saturated heterocycles. The van der Waals surface area contributed by atoms with Crippen molar-refractivity contribution >= 4 is 5.78 Å². The topological polar surface area (TPSA) is 34.9 Å². The van der Waals surface area contributed by atoms with Crippen LogP contribution in [0.5, 0.6) is 0 Å². The highest BCUT2D eigenvalue weighted by Gasteiger charge is 2.29. The normalized spacial score (nSPS) is 12.8. The van der Waals surface area contributed by atoms with E-state index >= 15 is 0 Å². The fraction of sp³-hybridized carbons (Fsp3) is 0.0909. The molecule has 1 aliphatic rings. The van der Waals surface area contributed by atoms with Crippen LogP contribution in [0.2, 0.25) is 0 Å². The second-order valence-corrected chi connectivity index (χ2v) is 3.41. The number of hydrogen-bond donors (Lipinski definition) is 0. The zero-order valence-corrected chi connectivity index (χ0v) is 7.69. The first kappa shape index (κ1) is 7.50. The molecule has 1 aromatic heterocycles. The first-order valence-electron chi connectivity index (χ1n) is 4.45. The van der Waals surface area contributed by atoms with Crippen molar-refractivity contribution in [3.05, 3.63) is 41.7 Å². The van der Waals surface area contributed by atoms with Gasteiger partial charge in [-0.05, 0) is 5.56 Å². The predicted molar refractivity (Wildman–Crippen MR) is 52.1 cm³/mol. The Hall–Kier alpha value is -1.90. The van der Waals surface area contributed by atoms with Gasteiger partial charge in [0.1, 0.15) is 5.69 Å². The Morgan fingerprint density at radius 3 is 2.64 bits per heavy atom. The fourth-order valence-corrected chi connectivity index (χ4v) is 1.95. The molecule has 2 aromatic rings. The predicted octanol–water partition coefficient (Wildman–Crippen LogP) is 1.63. The summed E-state index contributed by atoms with van der Waals surface area (Å²) in [7, 11) is 1.79. The number of carbonyl (C=O) groups excluding carboxylic acids is 1. The minimum absolute atomic E-state index is 0.0793. The minimum atomic E-state index is 0.0793. The fourth-order valence-electron chi connectivity index (χ4n) is 1.95. The molecule has 0 spiro atoms. The molecule has 0 saturated carbocycles. The van der Waals surface area contributed by atoms with E-state index in [0.29, 0.717) is 5.69 Å². The lowest BCUT2D eigenvalue weighted by atomic mass is 10.1. The highest BCUT2D eigenvalue weighted by atomic mass is 16.1. The second-order valence-electron chi connectivity index (χ2n) is 3.41. The van der Waals surface area contributed by atoms with Gasteiger partial charge in [-0.2, -0.15) is 5.10 Å². The average Bonchev–Trinajstić information content (AvgIpc) is 2.70. The molecule has 0 atom stereocenters. The number of hydrogen-bond acceptors (Lipinski definition) is 2. The van der Waals surface area contributed by atoms with E-state index in [-0.39, 0.29) is 5.78 Å². The maximum atomic E-state index is 11.9. The van der Waals surface area contributed by atoms with Crippen LogP contribution in [-0.2, 0) is 7.05 Å². The Labute approximate surface area is 81.0 Å². The van der Waals surface area contributed by atoms with Gasteiger partial charge in [-0.3, -0.25) is 9.48 Å². The average molecular weight is 184 g/mol. The van der Waals surface area contributed by atoms with E-state index in [0.717, 1.165) is 16.7 Å². The van der Waals surface area contributed by atoms with Crippen LogP contribution in [0.15, 0.2) is 30.5 Å². The van der Waals surface area contributed by atoms with Gasteiger partial charge in [0.15, 0.2) is 0 Å². The number of fused-ring (bicyclic) bond motifs is 3. The summed E-state index contributed by atoms with van der Waals surface area (Å²) in [5.74, 6) is 0.0793. The molecule has 0 fully saturated rings. The number of aryl methyl sites for hydroxylation is 1. The van der Waals surface area contributed by atoms with Gasteiger partial charge in [-0.25, -0.2) is 0 Å². The molecule has 0 aliphatic heterocycles. The standard InChI is InChI=1S/C11H8N2O/c1-13-10-9(6-12-13)7-4-2-3-5-8(7)11(10)14/h2-6H,1H3. The lowest BCUT2D eigenvalue weighted by molar-refractivity contribution is 0.103. The molecule has 0 N–H and O–H groups in total. The van der Waals surface area contributed by atoms with Crippen molar-refractivity contribution in [1.82, 2.24) is 9.78 Å². The largest absolute Gasteiger partial charge is 0.287 e. The highest BCUT2D eigenvalue weighted by Crippen LogP contribution is 2.35. The van der Waals surface area contributed by atoms with E-state index in [1.54, 1.807) is 17.9 Å². The van der Waals surface area contributed by atoms with Gasteiger partial charge < -0.3 is 0 Å². The molecule has 0 radical (unpaired) electrons. The molecular formula is C11H8N2O. The van der Waals surface area contributed by atoms with Crippen LogP contribution in [0.4, 0.5) is 0 Å². The third-order valence-electron chi connectivity index (χ3n) is 2.62. The van der Waals surface area contributed by atoms with Crippen molar-refractivity contribution in [2.45, 2.75) is 0 Å². The van der Waals surface area contributed by atoms with Crippen LogP contribution in [0.3, 0.4) is 0 Å². The molecule has 1 aromatic carbocycles. The summed E-state index contributed by atoms with van der Waals surface area (Å²) in [6, 6.07) is 7.64. The van der Waals surface area contributed by atoms with Crippen molar-refractivity contribution in [1.29, 1.82) is 0 Å².